The fourth-order valence-electron chi connectivity index (χ4n) is 0.0913. The fourth-order valence-corrected chi connectivity index (χ4v) is 0.0913. The average Bonchev–Trinajstić information content (AvgIpc) is 1.41. The van der Waals surface area contributed by atoms with E-state index < -0.39 is 0 Å². The Morgan fingerprint density at radius 3 is 2.00 bits per heavy atom. The molecule has 36 valence electrons. The first-order chi connectivity index (χ1) is 2.41. The van der Waals surface area contributed by atoms with Crippen LogP contribution in [0.2, 0.25) is 0 Å². The molecule has 0 atom stereocenters. The van der Waals surface area contributed by atoms with E-state index in [1.165, 1.54) is 0 Å². The predicted molar refractivity (Wildman–Crippen MR) is 20.8 cm³/mol. The standard InChI is InChI=1S/C3H9NO.Ti/c4-2-1-3-5;/h5H,1-4H2;. The van der Waals surface area contributed by atoms with Crippen LogP contribution in [0.25, 0.3) is 0 Å². The fraction of sp³-hybridized carbons (Fsp3) is 1.00. The van der Waals surface area contributed by atoms with E-state index in [-0.39, 0.29) is 28.3 Å². The molecule has 0 aromatic rings. The van der Waals surface area contributed by atoms with Crippen LogP contribution in [0.5, 0.6) is 0 Å². The molecule has 0 saturated heterocycles. The first kappa shape index (κ1) is 9.81. The van der Waals surface area contributed by atoms with Gasteiger partial charge in [0, 0.05) is 28.3 Å². The van der Waals surface area contributed by atoms with Crippen LogP contribution < -0.4 is 5.73 Å². The van der Waals surface area contributed by atoms with Gasteiger partial charge in [0.1, 0.15) is 0 Å². The molecule has 0 aliphatic heterocycles. The molecule has 3 N–H and O–H groups in total. The maximum Gasteiger partial charge on any atom is 0.0443 e. The zero-order valence-corrected chi connectivity index (χ0v) is 5.21. The van der Waals surface area contributed by atoms with Gasteiger partial charge in [-0.25, -0.2) is 0 Å². The number of aliphatic hydroxyl groups is 1. The topological polar surface area (TPSA) is 46.2 Å². The van der Waals surface area contributed by atoms with E-state index in [0.29, 0.717) is 6.54 Å². The summed E-state index contributed by atoms with van der Waals surface area (Å²) in [4.78, 5) is 0. The minimum atomic E-state index is 0. The Morgan fingerprint density at radius 1 is 1.50 bits per heavy atom. The summed E-state index contributed by atoms with van der Waals surface area (Å²) >= 11 is 0. The Hall–Kier alpha value is 0.634. The molecule has 0 aliphatic carbocycles. The van der Waals surface area contributed by atoms with Crippen LogP contribution in [0.15, 0.2) is 0 Å². The van der Waals surface area contributed by atoms with Crippen LogP contribution in [0.1, 0.15) is 6.42 Å². The molecule has 0 heterocycles. The molecule has 0 aromatic heterocycles. The third-order valence-electron chi connectivity index (χ3n) is 0.362. The summed E-state index contributed by atoms with van der Waals surface area (Å²) in [5, 5.41) is 7.99. The molecule has 0 amide bonds. The van der Waals surface area contributed by atoms with Gasteiger partial charge in [0.2, 0.25) is 0 Å². The largest absolute Gasteiger partial charge is 0.396 e. The van der Waals surface area contributed by atoms with Crippen LogP contribution in [-0.2, 0) is 21.7 Å². The summed E-state index contributed by atoms with van der Waals surface area (Å²) in [5.41, 5.74) is 4.98. The Labute approximate surface area is 52.6 Å². The van der Waals surface area contributed by atoms with Gasteiger partial charge in [-0.1, -0.05) is 0 Å². The minimum absolute atomic E-state index is 0. The van der Waals surface area contributed by atoms with Gasteiger partial charge < -0.3 is 10.8 Å². The van der Waals surface area contributed by atoms with E-state index in [1.54, 1.807) is 0 Å². The minimum Gasteiger partial charge on any atom is -0.396 e. The van der Waals surface area contributed by atoms with Gasteiger partial charge in [-0.2, -0.15) is 0 Å². The van der Waals surface area contributed by atoms with E-state index in [2.05, 4.69) is 0 Å². The molecule has 0 unspecified atom stereocenters. The molecule has 0 bridgehead atoms. The Balaban J connectivity index is 0. The molecule has 0 rings (SSSR count). The van der Waals surface area contributed by atoms with E-state index >= 15 is 0 Å². The number of hydrogen-bond acceptors (Lipinski definition) is 2. The summed E-state index contributed by atoms with van der Waals surface area (Å²) in [6.07, 6.45) is 0.722. The molecule has 2 nitrogen and oxygen atoms in total. The van der Waals surface area contributed by atoms with E-state index in [0.717, 1.165) is 6.42 Å². The SMILES string of the molecule is NCCCO.[Ti]. The van der Waals surface area contributed by atoms with Crippen LogP contribution in [0.3, 0.4) is 0 Å². The zero-order valence-electron chi connectivity index (χ0n) is 3.65. The summed E-state index contributed by atoms with van der Waals surface area (Å²) in [7, 11) is 0. The van der Waals surface area contributed by atoms with Gasteiger partial charge in [-0.3, -0.25) is 0 Å². The van der Waals surface area contributed by atoms with Gasteiger partial charge in [-0.05, 0) is 13.0 Å². The smallest absolute Gasteiger partial charge is 0.0443 e. The molecule has 0 aliphatic rings. The van der Waals surface area contributed by atoms with Crippen LogP contribution in [-0.4, -0.2) is 18.3 Å². The Bertz CT molecular complexity index is 18.3. The molecule has 0 saturated carbocycles. The van der Waals surface area contributed by atoms with Crippen molar-refractivity contribution in [2.24, 2.45) is 5.73 Å². The first-order valence-corrected chi connectivity index (χ1v) is 1.72. The van der Waals surface area contributed by atoms with Crippen molar-refractivity contribution in [1.82, 2.24) is 0 Å². The maximum atomic E-state index is 7.99. The summed E-state index contributed by atoms with van der Waals surface area (Å²) in [6, 6.07) is 0. The van der Waals surface area contributed by atoms with Crippen molar-refractivity contribution in [2.75, 3.05) is 13.2 Å². The molecule has 0 spiro atoms. The second-order valence-electron chi connectivity index (χ2n) is 0.866. The number of nitrogens with two attached hydrogens (primary N) is 1. The third kappa shape index (κ3) is 8.82. The first-order valence-electron chi connectivity index (χ1n) is 1.72. The summed E-state index contributed by atoms with van der Waals surface area (Å²) < 4.78 is 0. The molecule has 3 heteroatoms. The van der Waals surface area contributed by atoms with Crippen LogP contribution in [0, 0.1) is 0 Å². The number of rotatable bonds is 2. The molecule has 0 fully saturated rings. The maximum absolute atomic E-state index is 7.99. The van der Waals surface area contributed by atoms with Crippen LogP contribution in [0.4, 0.5) is 0 Å². The van der Waals surface area contributed by atoms with Crippen molar-refractivity contribution in [3.63, 3.8) is 0 Å². The van der Waals surface area contributed by atoms with Crippen molar-refractivity contribution < 1.29 is 26.8 Å². The van der Waals surface area contributed by atoms with E-state index in [9.17, 15) is 0 Å². The predicted octanol–water partition coefficient (Wildman–Crippen LogP) is -0.675. The molecule has 0 radical (unpaired) electrons. The van der Waals surface area contributed by atoms with Crippen molar-refractivity contribution in [3.8, 4) is 0 Å². The van der Waals surface area contributed by atoms with Crippen molar-refractivity contribution in [3.05, 3.63) is 0 Å². The monoisotopic (exact) mass is 123 g/mol. The Morgan fingerprint density at radius 2 is 2.00 bits per heavy atom. The zero-order chi connectivity index (χ0) is 4.12. The molecular formula is C3H9NOTi. The third-order valence-corrected chi connectivity index (χ3v) is 0.362. The summed E-state index contributed by atoms with van der Waals surface area (Å²) in [5.74, 6) is 0. The summed E-state index contributed by atoms with van der Waals surface area (Å²) in [6.45, 7) is 0.812. The van der Waals surface area contributed by atoms with Crippen LogP contribution >= 0.6 is 0 Å². The van der Waals surface area contributed by atoms with Gasteiger partial charge in [0.25, 0.3) is 0 Å². The van der Waals surface area contributed by atoms with Gasteiger partial charge in [0.15, 0.2) is 0 Å². The van der Waals surface area contributed by atoms with E-state index in [1.807, 2.05) is 0 Å². The number of aliphatic hydroxyl groups excluding tert-OH is 1. The number of hydrogen-bond donors (Lipinski definition) is 2. The normalized spacial score (nSPS) is 7.00. The van der Waals surface area contributed by atoms with Gasteiger partial charge in [0.05, 0.1) is 0 Å². The second-order valence-corrected chi connectivity index (χ2v) is 0.866. The van der Waals surface area contributed by atoms with Gasteiger partial charge >= 0.3 is 0 Å². The molecular weight excluding hydrogens is 114 g/mol. The van der Waals surface area contributed by atoms with Gasteiger partial charge in [-0.15, -0.1) is 0 Å². The van der Waals surface area contributed by atoms with Crippen molar-refractivity contribution in [1.29, 1.82) is 0 Å². The molecule has 6 heavy (non-hydrogen) atoms. The Kier molecular flexibility index (Phi) is 15.0. The quantitative estimate of drug-likeness (QED) is 0.478. The average molecular weight is 123 g/mol. The van der Waals surface area contributed by atoms with E-state index in [4.69, 9.17) is 10.8 Å². The molecule has 0 aromatic carbocycles. The van der Waals surface area contributed by atoms with Crippen molar-refractivity contribution >= 4 is 0 Å². The van der Waals surface area contributed by atoms with Crippen molar-refractivity contribution in [2.45, 2.75) is 6.42 Å². The second kappa shape index (κ2) is 9.16.